The fraction of sp³-hybridized carbons (Fsp3) is 0.214. The van der Waals surface area contributed by atoms with Gasteiger partial charge in [-0.25, -0.2) is 4.79 Å². The molecule has 0 heterocycles. The number of hydrogen-bond donors (Lipinski definition) is 3. The molecule has 1 aromatic carbocycles. The smallest absolute Gasteiger partial charge is 0.404 e. The van der Waals surface area contributed by atoms with E-state index in [0.717, 1.165) is 0 Å². The number of anilines is 1. The summed E-state index contributed by atoms with van der Waals surface area (Å²) in [6.07, 6.45) is -0.431. The van der Waals surface area contributed by atoms with Crippen LogP contribution < -0.4 is 10.6 Å². The van der Waals surface area contributed by atoms with Crippen LogP contribution in [0.3, 0.4) is 0 Å². The van der Waals surface area contributed by atoms with Crippen LogP contribution in [0.25, 0.3) is 0 Å². The van der Waals surface area contributed by atoms with Gasteiger partial charge in [-0.2, -0.15) is 5.26 Å². The maximum Gasteiger partial charge on any atom is 0.404 e. The Bertz CT molecular complexity index is 576. The van der Waals surface area contributed by atoms with Gasteiger partial charge in [-0.3, -0.25) is 4.79 Å². The van der Waals surface area contributed by atoms with E-state index < -0.39 is 6.09 Å². The Morgan fingerprint density at radius 1 is 1.25 bits per heavy atom. The summed E-state index contributed by atoms with van der Waals surface area (Å²) in [7, 11) is 0. The molecule has 0 saturated carbocycles. The molecule has 0 fully saturated rings. The lowest BCUT2D eigenvalue weighted by Crippen LogP contribution is -2.23. The van der Waals surface area contributed by atoms with Crippen LogP contribution in [-0.2, 0) is 4.79 Å². The number of benzene rings is 1. The van der Waals surface area contributed by atoms with Crippen molar-refractivity contribution >= 4 is 17.7 Å². The van der Waals surface area contributed by atoms with Gasteiger partial charge in [0.05, 0.1) is 0 Å². The number of carboxylic acid groups (broad SMARTS) is 1. The first-order valence-corrected chi connectivity index (χ1v) is 5.88. The summed E-state index contributed by atoms with van der Waals surface area (Å²) in [6, 6.07) is 8.50. The minimum Gasteiger partial charge on any atom is -0.465 e. The van der Waals surface area contributed by atoms with E-state index in [0.29, 0.717) is 17.7 Å². The maximum absolute atomic E-state index is 11.6. The molecule has 0 unspecified atom stereocenters. The normalized spacial score (nSPS) is 8.75. The Balaban J connectivity index is 2.39. The third-order valence-corrected chi connectivity index (χ3v) is 2.29. The summed E-state index contributed by atoms with van der Waals surface area (Å²) >= 11 is 0. The lowest BCUT2D eigenvalue weighted by Gasteiger charge is -2.05. The predicted molar refractivity (Wildman–Crippen MR) is 72.8 cm³/mol. The average molecular weight is 271 g/mol. The molecule has 6 heteroatoms. The van der Waals surface area contributed by atoms with Gasteiger partial charge in [0, 0.05) is 30.1 Å². The van der Waals surface area contributed by atoms with Crippen molar-refractivity contribution in [2.75, 3.05) is 11.9 Å². The van der Waals surface area contributed by atoms with E-state index in [1.165, 1.54) is 0 Å². The molecule has 0 aliphatic rings. The molecule has 0 spiro atoms. The molecule has 0 bridgehead atoms. The van der Waals surface area contributed by atoms with E-state index in [2.05, 4.69) is 22.5 Å². The van der Waals surface area contributed by atoms with Gasteiger partial charge in [0.1, 0.15) is 0 Å². The van der Waals surface area contributed by atoms with Crippen LogP contribution in [0.1, 0.15) is 18.4 Å². The average Bonchev–Trinajstić information content (AvgIpc) is 2.43. The molecule has 102 valence electrons. The second-order valence-corrected chi connectivity index (χ2v) is 3.82. The largest absolute Gasteiger partial charge is 0.465 e. The summed E-state index contributed by atoms with van der Waals surface area (Å²) in [5, 5.41) is 21.5. The molecular weight excluding hydrogens is 258 g/mol. The quantitative estimate of drug-likeness (QED) is 0.558. The molecule has 3 N–H and O–H groups in total. The second kappa shape index (κ2) is 8.17. The van der Waals surface area contributed by atoms with Crippen LogP contribution in [0.5, 0.6) is 0 Å². The van der Waals surface area contributed by atoms with Gasteiger partial charge in [0.15, 0.2) is 6.07 Å². The maximum atomic E-state index is 11.6. The molecule has 0 saturated heterocycles. The highest BCUT2D eigenvalue weighted by Gasteiger charge is 2.02. The highest BCUT2D eigenvalue weighted by molar-refractivity contribution is 5.90. The van der Waals surface area contributed by atoms with Gasteiger partial charge in [0.25, 0.3) is 0 Å². The van der Waals surface area contributed by atoms with Crippen LogP contribution >= 0.6 is 0 Å². The number of nitriles is 1. The monoisotopic (exact) mass is 271 g/mol. The fourth-order valence-electron chi connectivity index (χ4n) is 1.40. The molecule has 1 aromatic rings. The lowest BCUT2D eigenvalue weighted by molar-refractivity contribution is -0.116. The van der Waals surface area contributed by atoms with Crippen LogP contribution in [0.2, 0.25) is 0 Å². The summed E-state index contributed by atoms with van der Waals surface area (Å²) in [6.45, 7) is 0.242. The van der Waals surface area contributed by atoms with Crippen LogP contribution in [-0.4, -0.2) is 23.7 Å². The molecule has 2 amide bonds. The minimum absolute atomic E-state index is 0.187. The second-order valence-electron chi connectivity index (χ2n) is 3.82. The van der Waals surface area contributed by atoms with Crippen molar-refractivity contribution in [1.29, 1.82) is 5.26 Å². The van der Waals surface area contributed by atoms with Crippen molar-refractivity contribution < 1.29 is 14.7 Å². The number of carbonyl (C=O) groups is 2. The zero-order valence-corrected chi connectivity index (χ0v) is 10.6. The summed E-state index contributed by atoms with van der Waals surface area (Å²) in [5.74, 6) is 4.73. The van der Waals surface area contributed by atoms with E-state index in [-0.39, 0.29) is 18.9 Å². The number of amides is 2. The zero-order chi connectivity index (χ0) is 14.8. The molecular formula is C14H13N3O3. The number of nitrogens with zero attached hydrogens (tertiary/aromatic N) is 1. The standard InChI is InChI=1S/C14H13N3O3/c15-9-1-3-11-5-7-12(8-6-11)17-13(18)4-2-10-16-14(19)20/h5-8,16H,2,4,10H2,(H,17,18)(H,19,20). The Kier molecular flexibility index (Phi) is 6.16. The van der Waals surface area contributed by atoms with Crippen molar-refractivity contribution in [3.8, 4) is 17.9 Å². The van der Waals surface area contributed by atoms with Crippen molar-refractivity contribution in [3.63, 3.8) is 0 Å². The number of nitrogens with one attached hydrogen (secondary N) is 2. The predicted octanol–water partition coefficient (Wildman–Crippen LogP) is 1.55. The fourth-order valence-corrected chi connectivity index (χ4v) is 1.40. The lowest BCUT2D eigenvalue weighted by atomic mass is 10.2. The molecule has 0 radical (unpaired) electrons. The summed E-state index contributed by atoms with van der Waals surface area (Å²) in [4.78, 5) is 21.8. The van der Waals surface area contributed by atoms with E-state index in [9.17, 15) is 9.59 Å². The molecule has 6 nitrogen and oxygen atoms in total. The first-order valence-electron chi connectivity index (χ1n) is 5.88. The first-order chi connectivity index (χ1) is 9.61. The highest BCUT2D eigenvalue weighted by Crippen LogP contribution is 2.09. The third-order valence-electron chi connectivity index (χ3n) is 2.29. The zero-order valence-electron chi connectivity index (χ0n) is 10.6. The first kappa shape index (κ1) is 15.1. The molecule has 20 heavy (non-hydrogen) atoms. The topological polar surface area (TPSA) is 102 Å². The van der Waals surface area contributed by atoms with E-state index in [1.54, 1.807) is 30.3 Å². The van der Waals surface area contributed by atoms with E-state index in [4.69, 9.17) is 10.4 Å². The summed E-state index contributed by atoms with van der Waals surface area (Å²) < 4.78 is 0. The minimum atomic E-state index is -1.10. The van der Waals surface area contributed by atoms with Gasteiger partial charge in [-0.15, -0.1) is 0 Å². The number of hydrogen-bond acceptors (Lipinski definition) is 3. The van der Waals surface area contributed by atoms with Crippen molar-refractivity contribution in [2.24, 2.45) is 0 Å². The molecule has 1 rings (SSSR count). The molecule has 0 atom stereocenters. The molecule has 0 aromatic heterocycles. The molecule has 0 aliphatic carbocycles. The molecule has 0 aliphatic heterocycles. The van der Waals surface area contributed by atoms with Crippen LogP contribution in [0.4, 0.5) is 10.5 Å². The van der Waals surface area contributed by atoms with E-state index in [1.807, 2.05) is 0 Å². The van der Waals surface area contributed by atoms with Crippen LogP contribution in [0.15, 0.2) is 24.3 Å². The Labute approximate surface area is 116 Å². The Morgan fingerprint density at radius 3 is 2.55 bits per heavy atom. The van der Waals surface area contributed by atoms with Gasteiger partial charge >= 0.3 is 6.09 Å². The van der Waals surface area contributed by atoms with Gasteiger partial charge in [0.2, 0.25) is 5.91 Å². The van der Waals surface area contributed by atoms with E-state index >= 15 is 0 Å². The summed E-state index contributed by atoms with van der Waals surface area (Å²) in [5.41, 5.74) is 1.32. The Hall–Kier alpha value is -2.99. The highest BCUT2D eigenvalue weighted by atomic mass is 16.4. The van der Waals surface area contributed by atoms with Crippen molar-refractivity contribution in [3.05, 3.63) is 29.8 Å². The number of rotatable bonds is 5. The van der Waals surface area contributed by atoms with Gasteiger partial charge in [-0.1, -0.05) is 5.92 Å². The Morgan fingerprint density at radius 2 is 1.95 bits per heavy atom. The SMILES string of the molecule is N#CC#Cc1ccc(NC(=O)CCCNC(=O)O)cc1. The van der Waals surface area contributed by atoms with Crippen molar-refractivity contribution in [1.82, 2.24) is 5.32 Å². The van der Waals surface area contributed by atoms with Gasteiger partial charge in [-0.05, 0) is 30.7 Å². The third kappa shape index (κ3) is 6.08. The van der Waals surface area contributed by atoms with Crippen molar-refractivity contribution in [2.45, 2.75) is 12.8 Å². The van der Waals surface area contributed by atoms with Crippen LogP contribution in [0, 0.1) is 23.2 Å². The van der Waals surface area contributed by atoms with Gasteiger partial charge < -0.3 is 15.7 Å². The number of carbonyl (C=O) groups excluding carboxylic acids is 1.